The van der Waals surface area contributed by atoms with Crippen LogP contribution in [0.2, 0.25) is 5.02 Å². The second-order valence-corrected chi connectivity index (χ2v) is 4.22. The summed E-state index contributed by atoms with van der Waals surface area (Å²) in [6.45, 7) is 1.75. The summed E-state index contributed by atoms with van der Waals surface area (Å²) in [5.41, 5.74) is 1.57. The van der Waals surface area contributed by atoms with Crippen LogP contribution in [0.15, 0.2) is 12.1 Å². The molecule has 1 heterocycles. The molecule has 0 atom stereocenters. The molecule has 0 amide bonds. The van der Waals surface area contributed by atoms with Gasteiger partial charge in [0.05, 0.1) is 17.6 Å². The molecule has 1 aromatic heterocycles. The first-order valence-corrected chi connectivity index (χ1v) is 5.41. The minimum atomic E-state index is -0.973. The number of rotatable bonds is 2. The number of benzene rings is 1. The van der Waals surface area contributed by atoms with Crippen LogP contribution in [0.25, 0.3) is 10.9 Å². The van der Waals surface area contributed by atoms with Crippen molar-refractivity contribution in [3.63, 3.8) is 0 Å². The number of aromatic nitrogens is 1. The molecule has 0 saturated heterocycles. The maximum absolute atomic E-state index is 11.2. The second kappa shape index (κ2) is 3.96. The Morgan fingerprint density at radius 2 is 2.12 bits per heavy atom. The lowest BCUT2D eigenvalue weighted by molar-refractivity contribution is 0.0686. The minimum Gasteiger partial charge on any atom is -0.496 e. The van der Waals surface area contributed by atoms with Gasteiger partial charge in [0.1, 0.15) is 11.4 Å². The molecule has 0 radical (unpaired) electrons. The largest absolute Gasteiger partial charge is 0.496 e. The smallest absolute Gasteiger partial charge is 0.352 e. The number of ether oxygens (including phenoxy) is 1. The third kappa shape index (κ3) is 1.56. The predicted molar refractivity (Wildman–Crippen MR) is 66.2 cm³/mol. The van der Waals surface area contributed by atoms with Crippen LogP contribution in [0, 0.1) is 6.92 Å². The Hall–Kier alpha value is -1.68. The maximum atomic E-state index is 11.2. The summed E-state index contributed by atoms with van der Waals surface area (Å²) in [4.78, 5) is 11.2. The highest BCUT2D eigenvalue weighted by Crippen LogP contribution is 2.36. The van der Waals surface area contributed by atoms with Crippen molar-refractivity contribution in [3.05, 3.63) is 28.4 Å². The van der Waals surface area contributed by atoms with Gasteiger partial charge in [-0.3, -0.25) is 0 Å². The van der Waals surface area contributed by atoms with Crippen molar-refractivity contribution in [3.8, 4) is 5.75 Å². The number of methoxy groups -OCH3 is 1. The Bertz CT molecular complexity index is 616. The SMILES string of the molecule is COc1ccc(Cl)c2c1c(C)c(C(=O)O)n2C. The number of hydrogen-bond donors (Lipinski definition) is 1. The summed E-state index contributed by atoms with van der Waals surface area (Å²) >= 11 is 6.11. The first kappa shape index (κ1) is 11.8. The van der Waals surface area contributed by atoms with Gasteiger partial charge in [0, 0.05) is 12.4 Å². The average Bonchev–Trinajstić information content (AvgIpc) is 2.53. The summed E-state index contributed by atoms with van der Waals surface area (Å²) in [5, 5.41) is 10.5. The van der Waals surface area contributed by atoms with E-state index in [4.69, 9.17) is 16.3 Å². The molecule has 1 N–H and O–H groups in total. The van der Waals surface area contributed by atoms with E-state index < -0.39 is 5.97 Å². The molecule has 1 aromatic carbocycles. The molecule has 4 nitrogen and oxygen atoms in total. The molecule has 2 aromatic rings. The van der Waals surface area contributed by atoms with Gasteiger partial charge >= 0.3 is 5.97 Å². The van der Waals surface area contributed by atoms with E-state index in [1.807, 2.05) is 0 Å². The molecule has 0 fully saturated rings. The van der Waals surface area contributed by atoms with Crippen molar-refractivity contribution in [2.75, 3.05) is 7.11 Å². The van der Waals surface area contributed by atoms with Crippen molar-refractivity contribution in [1.29, 1.82) is 0 Å². The zero-order chi connectivity index (χ0) is 12.7. The van der Waals surface area contributed by atoms with Crippen LogP contribution in [-0.2, 0) is 7.05 Å². The van der Waals surface area contributed by atoms with Crippen molar-refractivity contribution in [2.24, 2.45) is 7.05 Å². The van der Waals surface area contributed by atoms with Crippen LogP contribution >= 0.6 is 11.6 Å². The highest BCUT2D eigenvalue weighted by molar-refractivity contribution is 6.35. The van der Waals surface area contributed by atoms with E-state index >= 15 is 0 Å². The summed E-state index contributed by atoms with van der Waals surface area (Å²) in [6.07, 6.45) is 0. The highest BCUT2D eigenvalue weighted by Gasteiger charge is 2.21. The molecule has 0 aliphatic carbocycles. The Balaban J connectivity index is 3.01. The number of carbonyl (C=O) groups is 1. The van der Waals surface area contributed by atoms with E-state index in [0.717, 1.165) is 5.39 Å². The quantitative estimate of drug-likeness (QED) is 0.895. The van der Waals surface area contributed by atoms with Crippen molar-refractivity contribution >= 4 is 28.5 Å². The lowest BCUT2D eigenvalue weighted by atomic mass is 10.1. The lowest BCUT2D eigenvalue weighted by Crippen LogP contribution is -2.05. The lowest BCUT2D eigenvalue weighted by Gasteiger charge is -2.05. The molecule has 0 aliphatic rings. The first-order chi connectivity index (χ1) is 7.99. The number of hydrogen-bond acceptors (Lipinski definition) is 2. The maximum Gasteiger partial charge on any atom is 0.352 e. The van der Waals surface area contributed by atoms with Crippen molar-refractivity contribution in [1.82, 2.24) is 4.57 Å². The van der Waals surface area contributed by atoms with E-state index in [1.54, 1.807) is 37.8 Å². The number of aromatic carboxylic acids is 1. The number of carboxylic acid groups (broad SMARTS) is 1. The van der Waals surface area contributed by atoms with Gasteiger partial charge in [-0.2, -0.15) is 0 Å². The van der Waals surface area contributed by atoms with Crippen LogP contribution in [0.1, 0.15) is 16.1 Å². The summed E-state index contributed by atoms with van der Waals surface area (Å²) in [7, 11) is 3.24. The fourth-order valence-corrected chi connectivity index (χ4v) is 2.48. The molecular formula is C12H12ClNO3. The number of carboxylic acids is 1. The van der Waals surface area contributed by atoms with Crippen LogP contribution in [0.5, 0.6) is 5.75 Å². The highest BCUT2D eigenvalue weighted by atomic mass is 35.5. The van der Waals surface area contributed by atoms with E-state index in [-0.39, 0.29) is 5.69 Å². The average molecular weight is 254 g/mol. The number of aryl methyl sites for hydroxylation is 2. The molecule has 0 bridgehead atoms. The summed E-state index contributed by atoms with van der Waals surface area (Å²) in [5.74, 6) is -0.343. The van der Waals surface area contributed by atoms with E-state index in [2.05, 4.69) is 0 Å². The van der Waals surface area contributed by atoms with Gasteiger partial charge in [-0.25, -0.2) is 4.79 Å². The summed E-state index contributed by atoms with van der Waals surface area (Å²) in [6, 6.07) is 3.44. The Kier molecular flexibility index (Phi) is 2.75. The molecule has 0 spiro atoms. The summed E-state index contributed by atoms with van der Waals surface area (Å²) < 4.78 is 6.83. The zero-order valence-electron chi connectivity index (χ0n) is 9.74. The predicted octanol–water partition coefficient (Wildman–Crippen LogP) is 2.85. The molecule has 2 rings (SSSR count). The monoisotopic (exact) mass is 253 g/mol. The molecule has 5 heteroatoms. The van der Waals surface area contributed by atoms with Crippen LogP contribution in [0.4, 0.5) is 0 Å². The first-order valence-electron chi connectivity index (χ1n) is 5.03. The van der Waals surface area contributed by atoms with Gasteiger partial charge in [-0.1, -0.05) is 11.6 Å². The van der Waals surface area contributed by atoms with E-state index in [9.17, 15) is 9.90 Å². The Morgan fingerprint density at radius 3 is 2.65 bits per heavy atom. The molecule has 90 valence electrons. The number of halogens is 1. The van der Waals surface area contributed by atoms with Gasteiger partial charge in [-0.05, 0) is 24.6 Å². The van der Waals surface area contributed by atoms with Crippen molar-refractivity contribution in [2.45, 2.75) is 6.92 Å². The molecule has 17 heavy (non-hydrogen) atoms. The minimum absolute atomic E-state index is 0.228. The van der Waals surface area contributed by atoms with Gasteiger partial charge in [0.25, 0.3) is 0 Å². The fraction of sp³-hybridized carbons (Fsp3) is 0.250. The van der Waals surface area contributed by atoms with Gasteiger partial charge in [0.2, 0.25) is 0 Å². The van der Waals surface area contributed by atoms with Gasteiger partial charge in [-0.15, -0.1) is 0 Å². The van der Waals surface area contributed by atoms with E-state index in [1.165, 1.54) is 0 Å². The van der Waals surface area contributed by atoms with Gasteiger partial charge < -0.3 is 14.4 Å². The Labute approximate surface area is 103 Å². The van der Waals surface area contributed by atoms with E-state index in [0.29, 0.717) is 21.9 Å². The Morgan fingerprint density at radius 1 is 1.47 bits per heavy atom. The van der Waals surface area contributed by atoms with Gasteiger partial charge in [0.15, 0.2) is 0 Å². The van der Waals surface area contributed by atoms with Crippen LogP contribution in [-0.4, -0.2) is 22.8 Å². The van der Waals surface area contributed by atoms with Crippen LogP contribution < -0.4 is 4.74 Å². The van der Waals surface area contributed by atoms with Crippen LogP contribution in [0.3, 0.4) is 0 Å². The third-order valence-corrected chi connectivity index (χ3v) is 3.22. The van der Waals surface area contributed by atoms with Crippen molar-refractivity contribution < 1.29 is 14.6 Å². The number of nitrogens with zero attached hydrogens (tertiary/aromatic N) is 1. The standard InChI is InChI=1S/C12H12ClNO3/c1-6-9-8(17-3)5-4-7(13)11(9)14(2)10(6)12(15)16/h4-5H,1-3H3,(H,15,16). The normalized spacial score (nSPS) is 10.8. The third-order valence-electron chi connectivity index (χ3n) is 2.91. The molecule has 0 unspecified atom stereocenters. The molecule has 0 saturated carbocycles. The second-order valence-electron chi connectivity index (χ2n) is 3.81. The number of fused-ring (bicyclic) bond motifs is 1. The molecule has 0 aliphatic heterocycles. The zero-order valence-corrected chi connectivity index (χ0v) is 10.5. The molecular weight excluding hydrogens is 242 g/mol. The topological polar surface area (TPSA) is 51.5 Å². The fourth-order valence-electron chi connectivity index (χ4n) is 2.19.